The second kappa shape index (κ2) is 7.80. The van der Waals surface area contributed by atoms with Gasteiger partial charge in [0.25, 0.3) is 0 Å². The summed E-state index contributed by atoms with van der Waals surface area (Å²) in [6.45, 7) is 4.03. The van der Waals surface area contributed by atoms with Gasteiger partial charge in [0.1, 0.15) is 0 Å². The number of halogens is 1. The first-order chi connectivity index (χ1) is 10.1. The molecule has 1 amide bonds. The van der Waals surface area contributed by atoms with Crippen molar-refractivity contribution in [3.05, 3.63) is 28.2 Å². The number of nitrogens with one attached hydrogen (secondary N) is 2. The molecule has 0 aromatic heterocycles. The van der Waals surface area contributed by atoms with Crippen molar-refractivity contribution in [2.24, 2.45) is 0 Å². The van der Waals surface area contributed by atoms with Gasteiger partial charge in [0.15, 0.2) is 0 Å². The van der Waals surface area contributed by atoms with E-state index < -0.39 is 0 Å². The maximum absolute atomic E-state index is 11.9. The molecule has 116 valence electrons. The number of amides is 1. The van der Waals surface area contributed by atoms with Crippen molar-refractivity contribution in [1.82, 2.24) is 10.6 Å². The van der Waals surface area contributed by atoms with Crippen molar-refractivity contribution in [3.63, 3.8) is 0 Å². The van der Waals surface area contributed by atoms with Crippen LogP contribution in [-0.2, 0) is 11.3 Å². The Hall–Kier alpha value is -1.07. The molecule has 4 nitrogen and oxygen atoms in total. The van der Waals surface area contributed by atoms with Gasteiger partial charge in [0.05, 0.1) is 6.54 Å². The smallest absolute Gasteiger partial charge is 0.239 e. The van der Waals surface area contributed by atoms with Gasteiger partial charge in [-0.15, -0.1) is 0 Å². The summed E-state index contributed by atoms with van der Waals surface area (Å²) in [5.41, 5.74) is 2.33. The molecule has 0 spiro atoms. The summed E-state index contributed by atoms with van der Waals surface area (Å²) in [4.78, 5) is 13.9. The second-order valence-corrected chi connectivity index (χ2v) is 6.55. The molecule has 1 aliphatic carbocycles. The van der Waals surface area contributed by atoms with Crippen LogP contribution in [0.5, 0.6) is 0 Å². The number of carbonyl (C=O) groups is 1. The Kier molecular flexibility index (Phi) is 6.06. The molecule has 1 aromatic carbocycles. The zero-order valence-corrected chi connectivity index (χ0v) is 14.4. The number of hydrogen-bond acceptors (Lipinski definition) is 3. The molecule has 0 radical (unpaired) electrons. The van der Waals surface area contributed by atoms with E-state index in [1.165, 1.54) is 18.4 Å². The van der Waals surface area contributed by atoms with E-state index in [4.69, 9.17) is 0 Å². The Morgan fingerprint density at radius 2 is 2.19 bits per heavy atom. The number of likely N-dealkylation sites (N-methyl/N-ethyl adjacent to an activating group) is 1. The van der Waals surface area contributed by atoms with Crippen LogP contribution in [0.15, 0.2) is 22.7 Å². The largest absolute Gasteiger partial charge is 0.365 e. The van der Waals surface area contributed by atoms with Crippen LogP contribution in [0.2, 0.25) is 0 Å². The summed E-state index contributed by atoms with van der Waals surface area (Å²) >= 11 is 3.52. The van der Waals surface area contributed by atoms with Crippen LogP contribution < -0.4 is 15.5 Å². The van der Waals surface area contributed by atoms with E-state index >= 15 is 0 Å². The van der Waals surface area contributed by atoms with Crippen LogP contribution >= 0.6 is 15.9 Å². The Morgan fingerprint density at radius 3 is 2.86 bits per heavy atom. The molecule has 0 atom stereocenters. The van der Waals surface area contributed by atoms with E-state index in [-0.39, 0.29) is 5.91 Å². The molecule has 1 aliphatic rings. The molecule has 0 bridgehead atoms. The molecular formula is C16H24BrN3O. The van der Waals surface area contributed by atoms with Gasteiger partial charge < -0.3 is 15.5 Å². The van der Waals surface area contributed by atoms with E-state index in [9.17, 15) is 4.79 Å². The minimum absolute atomic E-state index is 0.0698. The van der Waals surface area contributed by atoms with E-state index in [1.54, 1.807) is 0 Å². The van der Waals surface area contributed by atoms with Gasteiger partial charge in [-0.2, -0.15) is 0 Å². The maximum Gasteiger partial charge on any atom is 0.239 e. The SMILES string of the molecule is CCCNC(=O)CN(C)c1cc(Br)ccc1CNC1CC1. The van der Waals surface area contributed by atoms with Crippen LogP contribution in [0, 0.1) is 0 Å². The third-order valence-electron chi connectivity index (χ3n) is 3.57. The van der Waals surface area contributed by atoms with Crippen molar-refractivity contribution in [2.45, 2.75) is 38.8 Å². The maximum atomic E-state index is 11.9. The number of benzene rings is 1. The third-order valence-corrected chi connectivity index (χ3v) is 4.06. The zero-order valence-electron chi connectivity index (χ0n) is 12.8. The summed E-state index contributed by atoms with van der Waals surface area (Å²) in [7, 11) is 1.97. The highest BCUT2D eigenvalue weighted by atomic mass is 79.9. The number of hydrogen-bond donors (Lipinski definition) is 2. The average molecular weight is 354 g/mol. The highest BCUT2D eigenvalue weighted by molar-refractivity contribution is 9.10. The quantitative estimate of drug-likeness (QED) is 0.755. The molecule has 0 unspecified atom stereocenters. The second-order valence-electron chi connectivity index (χ2n) is 5.63. The summed E-state index contributed by atoms with van der Waals surface area (Å²) in [5, 5.41) is 6.45. The standard InChI is InChI=1S/C16H24BrN3O/c1-3-8-18-16(21)11-20(2)15-9-13(17)5-4-12(15)10-19-14-6-7-14/h4-5,9,14,19H,3,6-8,10-11H2,1-2H3,(H,18,21). The fourth-order valence-electron chi connectivity index (χ4n) is 2.20. The Balaban J connectivity index is 2.00. The molecular weight excluding hydrogens is 330 g/mol. The van der Waals surface area contributed by atoms with Crippen molar-refractivity contribution >= 4 is 27.5 Å². The summed E-state index contributed by atoms with van der Waals surface area (Å²) in [6.07, 6.45) is 3.52. The molecule has 2 rings (SSSR count). The van der Waals surface area contributed by atoms with E-state index in [2.05, 4.69) is 51.7 Å². The van der Waals surface area contributed by atoms with Crippen molar-refractivity contribution in [1.29, 1.82) is 0 Å². The number of carbonyl (C=O) groups excluding carboxylic acids is 1. The molecule has 1 fully saturated rings. The number of rotatable bonds is 8. The summed E-state index contributed by atoms with van der Waals surface area (Å²) < 4.78 is 1.04. The van der Waals surface area contributed by atoms with Crippen LogP contribution in [0.1, 0.15) is 31.7 Å². The van der Waals surface area contributed by atoms with Crippen molar-refractivity contribution < 1.29 is 4.79 Å². The molecule has 1 saturated carbocycles. The van der Waals surface area contributed by atoms with Gasteiger partial charge in [0, 0.05) is 36.3 Å². The van der Waals surface area contributed by atoms with Crippen LogP contribution in [0.3, 0.4) is 0 Å². The topological polar surface area (TPSA) is 44.4 Å². The Morgan fingerprint density at radius 1 is 1.43 bits per heavy atom. The lowest BCUT2D eigenvalue weighted by atomic mass is 10.1. The lowest BCUT2D eigenvalue weighted by molar-refractivity contribution is -0.119. The van der Waals surface area contributed by atoms with Gasteiger partial charge in [0.2, 0.25) is 5.91 Å². The van der Waals surface area contributed by atoms with Crippen LogP contribution in [0.4, 0.5) is 5.69 Å². The minimum Gasteiger partial charge on any atom is -0.365 e. The molecule has 0 aliphatic heterocycles. The molecule has 21 heavy (non-hydrogen) atoms. The lowest BCUT2D eigenvalue weighted by Gasteiger charge is -2.22. The molecule has 2 N–H and O–H groups in total. The predicted octanol–water partition coefficient (Wildman–Crippen LogP) is 2.66. The number of nitrogens with zero attached hydrogens (tertiary/aromatic N) is 1. The highest BCUT2D eigenvalue weighted by Gasteiger charge is 2.21. The predicted molar refractivity (Wildman–Crippen MR) is 90.6 cm³/mol. The normalized spacial score (nSPS) is 14.0. The first kappa shape index (κ1) is 16.3. The van der Waals surface area contributed by atoms with Gasteiger partial charge in [-0.3, -0.25) is 4.79 Å². The van der Waals surface area contributed by atoms with Crippen molar-refractivity contribution in [3.8, 4) is 0 Å². The van der Waals surface area contributed by atoms with E-state index in [0.717, 1.165) is 29.7 Å². The van der Waals surface area contributed by atoms with Crippen molar-refractivity contribution in [2.75, 3.05) is 25.0 Å². The number of anilines is 1. The third kappa shape index (κ3) is 5.32. The van der Waals surface area contributed by atoms with Gasteiger partial charge in [-0.1, -0.05) is 28.9 Å². The van der Waals surface area contributed by atoms with E-state index in [0.29, 0.717) is 12.6 Å². The van der Waals surface area contributed by atoms with Crippen LogP contribution in [0.25, 0.3) is 0 Å². The first-order valence-electron chi connectivity index (χ1n) is 7.59. The molecule has 0 heterocycles. The zero-order chi connectivity index (χ0) is 15.2. The average Bonchev–Trinajstić information content (AvgIpc) is 3.27. The van der Waals surface area contributed by atoms with Gasteiger partial charge >= 0.3 is 0 Å². The monoisotopic (exact) mass is 353 g/mol. The minimum atomic E-state index is 0.0698. The Bertz CT molecular complexity index is 488. The lowest BCUT2D eigenvalue weighted by Crippen LogP contribution is -2.36. The van der Waals surface area contributed by atoms with Crippen LogP contribution in [-0.4, -0.2) is 32.1 Å². The summed E-state index contributed by atoms with van der Waals surface area (Å²) in [5.74, 6) is 0.0698. The fraction of sp³-hybridized carbons (Fsp3) is 0.562. The first-order valence-corrected chi connectivity index (χ1v) is 8.39. The fourth-order valence-corrected chi connectivity index (χ4v) is 2.55. The summed E-state index contributed by atoms with van der Waals surface area (Å²) in [6, 6.07) is 6.93. The van der Waals surface area contributed by atoms with Gasteiger partial charge in [-0.05, 0) is 37.0 Å². The molecule has 5 heteroatoms. The Labute approximate surface area is 135 Å². The highest BCUT2D eigenvalue weighted by Crippen LogP contribution is 2.26. The molecule has 0 saturated heterocycles. The van der Waals surface area contributed by atoms with Gasteiger partial charge in [-0.25, -0.2) is 0 Å². The van der Waals surface area contributed by atoms with E-state index in [1.807, 2.05) is 11.9 Å². The molecule has 1 aromatic rings.